The van der Waals surface area contributed by atoms with Gasteiger partial charge < -0.3 is 0 Å². The molecule has 0 aliphatic rings. The first-order chi connectivity index (χ1) is 14.7. The van der Waals surface area contributed by atoms with Crippen LogP contribution in [0.25, 0.3) is 0 Å². The first kappa shape index (κ1) is 25.2. The summed E-state index contributed by atoms with van der Waals surface area (Å²) in [4.78, 5) is -0.406. The van der Waals surface area contributed by atoms with E-state index in [0.29, 0.717) is 18.4 Å². The maximum atomic E-state index is 15.4. The first-order valence-corrected chi connectivity index (χ1v) is 13.4. The predicted octanol–water partition coefficient (Wildman–Crippen LogP) is 5.67. The number of rotatable bonds is 12. The number of nitrogens with zero attached hydrogens (tertiary/aromatic N) is 1. The highest BCUT2D eigenvalue weighted by atomic mass is 32.3. The van der Waals surface area contributed by atoms with E-state index in [-0.39, 0.29) is 13.5 Å². The molecule has 0 aliphatic carbocycles. The Morgan fingerprint density at radius 3 is 1.48 bits per heavy atom. The van der Waals surface area contributed by atoms with Gasteiger partial charge in [0.05, 0.1) is 16.3 Å². The molecule has 2 aromatic rings. The van der Waals surface area contributed by atoms with Gasteiger partial charge in [0.25, 0.3) is 20.0 Å². The number of hydrogen-bond acceptors (Lipinski definition) is 4. The predicted molar refractivity (Wildman–Crippen MR) is 121 cm³/mol. The van der Waals surface area contributed by atoms with Crippen LogP contribution in [-0.2, 0) is 20.0 Å². The Balaban J connectivity index is 2.58. The Morgan fingerprint density at radius 1 is 0.742 bits per heavy atom. The van der Waals surface area contributed by atoms with Crippen molar-refractivity contribution in [3.63, 3.8) is 0 Å². The number of sulfonamides is 2. The first-order valence-electron chi connectivity index (χ1n) is 10.5. The van der Waals surface area contributed by atoms with Crippen molar-refractivity contribution in [3.8, 4) is 0 Å². The summed E-state index contributed by atoms with van der Waals surface area (Å²) in [5, 5.41) is 0. The van der Waals surface area contributed by atoms with Crippen LogP contribution in [0.5, 0.6) is 0 Å². The van der Waals surface area contributed by atoms with Gasteiger partial charge in [-0.3, -0.25) is 0 Å². The zero-order valence-electron chi connectivity index (χ0n) is 18.0. The van der Waals surface area contributed by atoms with E-state index in [1.165, 1.54) is 48.5 Å². The van der Waals surface area contributed by atoms with Gasteiger partial charge in [-0.2, -0.15) is 0 Å². The molecule has 0 saturated carbocycles. The van der Waals surface area contributed by atoms with Gasteiger partial charge in [0.1, 0.15) is 5.83 Å². The van der Waals surface area contributed by atoms with Crippen LogP contribution in [0.2, 0.25) is 0 Å². The Hall–Kier alpha value is -2.03. The van der Waals surface area contributed by atoms with Gasteiger partial charge in [-0.15, -0.1) is 0 Å². The molecule has 0 atom stereocenters. The fourth-order valence-corrected chi connectivity index (χ4v) is 6.71. The lowest BCUT2D eigenvalue weighted by atomic mass is 10.0. The Kier molecular flexibility index (Phi) is 9.40. The summed E-state index contributed by atoms with van der Waals surface area (Å²) < 4.78 is 68.8. The minimum Gasteiger partial charge on any atom is -0.210 e. The standard InChI is InChI=1S/C23H30FNO4S2/c1-3-5-13-20(14-6-4-2)23(24)19-25(30(26,27)21-15-9-7-10-16-21)31(28,29)22-17-11-8-12-18-22/h7-12,15-18H,3-6,13-14,19H2,1-2H3. The van der Waals surface area contributed by atoms with Gasteiger partial charge >= 0.3 is 0 Å². The maximum Gasteiger partial charge on any atom is 0.256 e. The molecule has 0 heterocycles. The van der Waals surface area contributed by atoms with Crippen molar-refractivity contribution >= 4 is 20.0 Å². The van der Waals surface area contributed by atoms with Crippen LogP contribution in [0.15, 0.2) is 81.9 Å². The van der Waals surface area contributed by atoms with E-state index in [9.17, 15) is 16.8 Å². The van der Waals surface area contributed by atoms with Crippen LogP contribution in [0.1, 0.15) is 52.4 Å². The topological polar surface area (TPSA) is 71.5 Å². The molecule has 0 spiro atoms. The number of allylic oxidation sites excluding steroid dienone is 1. The van der Waals surface area contributed by atoms with Crippen molar-refractivity contribution < 1.29 is 21.2 Å². The highest BCUT2D eigenvalue weighted by molar-refractivity contribution is 8.04. The molecule has 0 aromatic heterocycles. The van der Waals surface area contributed by atoms with E-state index < -0.39 is 32.4 Å². The highest BCUT2D eigenvalue weighted by Gasteiger charge is 2.37. The van der Waals surface area contributed by atoms with Crippen molar-refractivity contribution in [2.75, 3.05) is 6.54 Å². The second-order valence-corrected chi connectivity index (χ2v) is 11.2. The van der Waals surface area contributed by atoms with Gasteiger partial charge in [-0.1, -0.05) is 66.8 Å². The third kappa shape index (κ3) is 6.48. The Morgan fingerprint density at radius 2 is 1.13 bits per heavy atom. The van der Waals surface area contributed by atoms with Gasteiger partial charge in [-0.25, -0.2) is 21.2 Å². The van der Waals surface area contributed by atoms with E-state index in [1.807, 2.05) is 13.8 Å². The third-order valence-corrected chi connectivity index (χ3v) is 9.18. The van der Waals surface area contributed by atoms with Crippen LogP contribution in [-0.4, -0.2) is 27.1 Å². The lowest BCUT2D eigenvalue weighted by Gasteiger charge is -2.22. The minimum atomic E-state index is -4.51. The number of unbranched alkanes of at least 4 members (excludes halogenated alkanes) is 2. The average Bonchev–Trinajstić information content (AvgIpc) is 2.78. The molecule has 8 heteroatoms. The summed E-state index contributed by atoms with van der Waals surface area (Å²) >= 11 is 0. The fourth-order valence-electron chi connectivity index (χ4n) is 3.12. The molecule has 0 amide bonds. The normalized spacial score (nSPS) is 12.1. The van der Waals surface area contributed by atoms with Crippen LogP contribution >= 0.6 is 0 Å². The van der Waals surface area contributed by atoms with Crippen LogP contribution in [0, 0.1) is 0 Å². The van der Waals surface area contributed by atoms with Crippen molar-refractivity contribution in [1.29, 1.82) is 0 Å². The van der Waals surface area contributed by atoms with Gasteiger partial charge in [0.2, 0.25) is 0 Å². The number of halogens is 1. The molecule has 170 valence electrons. The second-order valence-electron chi connectivity index (χ2n) is 7.28. The average molecular weight is 468 g/mol. The summed E-state index contributed by atoms with van der Waals surface area (Å²) in [6, 6.07) is 14.5. The largest absolute Gasteiger partial charge is 0.256 e. The smallest absolute Gasteiger partial charge is 0.210 e. The van der Waals surface area contributed by atoms with Crippen molar-refractivity contribution in [2.24, 2.45) is 0 Å². The van der Waals surface area contributed by atoms with E-state index in [0.717, 1.165) is 25.7 Å². The van der Waals surface area contributed by atoms with Crippen molar-refractivity contribution in [2.45, 2.75) is 62.2 Å². The van der Waals surface area contributed by atoms with Gasteiger partial charge in [0, 0.05) is 0 Å². The fraction of sp³-hybridized carbons (Fsp3) is 0.391. The molecule has 0 bridgehead atoms. The molecule has 0 fully saturated rings. The van der Waals surface area contributed by atoms with Gasteiger partial charge in [0.15, 0.2) is 0 Å². The summed E-state index contributed by atoms with van der Waals surface area (Å²) in [6.07, 6.45) is 4.18. The molecule has 0 radical (unpaired) electrons. The van der Waals surface area contributed by atoms with E-state index >= 15 is 4.39 Å². The Labute approximate surface area is 185 Å². The second kappa shape index (κ2) is 11.5. The maximum absolute atomic E-state index is 15.4. The summed E-state index contributed by atoms with van der Waals surface area (Å²) in [5.74, 6) is -0.694. The number of hydrogen-bond donors (Lipinski definition) is 0. The SMILES string of the molecule is CCCCC(CCCC)=C(F)CN(S(=O)(=O)c1ccccc1)S(=O)(=O)c1ccccc1. The minimum absolute atomic E-state index is 0.203. The zero-order valence-corrected chi connectivity index (χ0v) is 19.6. The summed E-state index contributed by atoms with van der Waals surface area (Å²) in [7, 11) is -9.01. The molecule has 2 aromatic carbocycles. The van der Waals surface area contributed by atoms with E-state index in [1.54, 1.807) is 12.1 Å². The molecule has 0 unspecified atom stereocenters. The van der Waals surface area contributed by atoms with Crippen molar-refractivity contribution in [3.05, 3.63) is 72.1 Å². The molecule has 0 N–H and O–H groups in total. The lowest BCUT2D eigenvalue weighted by Crippen LogP contribution is -2.38. The monoisotopic (exact) mass is 467 g/mol. The van der Waals surface area contributed by atoms with E-state index in [4.69, 9.17) is 0 Å². The highest BCUT2D eigenvalue weighted by Crippen LogP contribution is 2.28. The zero-order chi connectivity index (χ0) is 22.9. The molecule has 5 nitrogen and oxygen atoms in total. The molecular formula is C23H30FNO4S2. The summed E-state index contributed by atoms with van der Waals surface area (Å²) in [5.41, 5.74) is 0.486. The lowest BCUT2D eigenvalue weighted by molar-refractivity contribution is 0.472. The molecule has 0 aliphatic heterocycles. The van der Waals surface area contributed by atoms with Gasteiger partial charge in [-0.05, 0) is 55.5 Å². The Bertz CT molecular complexity index is 988. The molecule has 31 heavy (non-hydrogen) atoms. The van der Waals surface area contributed by atoms with Crippen LogP contribution in [0.4, 0.5) is 4.39 Å². The third-order valence-electron chi connectivity index (χ3n) is 4.93. The molecule has 2 rings (SSSR count). The molecular weight excluding hydrogens is 437 g/mol. The molecule has 0 saturated heterocycles. The summed E-state index contributed by atoms with van der Waals surface area (Å²) in [6.45, 7) is 3.12. The quantitative estimate of drug-likeness (QED) is 0.403. The van der Waals surface area contributed by atoms with E-state index in [2.05, 4.69) is 0 Å². The number of benzene rings is 2. The van der Waals surface area contributed by atoms with Crippen LogP contribution in [0.3, 0.4) is 0 Å². The van der Waals surface area contributed by atoms with Crippen molar-refractivity contribution in [1.82, 2.24) is 3.71 Å². The van der Waals surface area contributed by atoms with Crippen LogP contribution < -0.4 is 0 Å².